The average Bonchev–Trinajstić information content (AvgIpc) is 2.76. The second-order valence-corrected chi connectivity index (χ2v) is 6.52. The van der Waals surface area contributed by atoms with Crippen molar-refractivity contribution in [2.45, 2.75) is 51.5 Å². The van der Waals surface area contributed by atoms with Crippen LogP contribution in [0.5, 0.6) is 0 Å². The molecule has 0 spiro atoms. The van der Waals surface area contributed by atoms with Gasteiger partial charge >= 0.3 is 0 Å². The molecule has 4 heteroatoms. The number of imidazole rings is 1. The topological polar surface area (TPSA) is 17.8 Å². The summed E-state index contributed by atoms with van der Waals surface area (Å²) in [6.45, 7) is 4.51. The first kappa shape index (κ1) is 15.1. The molecule has 0 aliphatic heterocycles. The summed E-state index contributed by atoms with van der Waals surface area (Å²) in [5, 5.41) is 0. The molecule has 0 aliphatic carbocycles. The lowest BCUT2D eigenvalue weighted by Gasteiger charge is -2.16. The van der Waals surface area contributed by atoms with Crippen molar-refractivity contribution in [1.82, 2.24) is 9.55 Å². The van der Waals surface area contributed by atoms with E-state index in [1.165, 1.54) is 34.8 Å². The maximum atomic E-state index is 6.06. The monoisotopic (exact) mass is 390 g/mol. The quantitative estimate of drug-likeness (QED) is 0.361. The molecular weight excluding hydrogens is 371 g/mol. The normalized spacial score (nSPS) is 13.1. The zero-order valence-electron chi connectivity index (χ0n) is 11.5. The van der Waals surface area contributed by atoms with E-state index >= 15 is 0 Å². The maximum Gasteiger partial charge on any atom is 0.125 e. The van der Waals surface area contributed by atoms with Crippen LogP contribution in [-0.4, -0.2) is 9.55 Å². The number of unbranched alkanes of at least 4 members (excludes halogenated alkanes) is 2. The molecule has 1 heterocycles. The third-order valence-electron chi connectivity index (χ3n) is 3.51. The van der Waals surface area contributed by atoms with E-state index in [2.05, 4.69) is 64.2 Å². The summed E-state index contributed by atoms with van der Waals surface area (Å²) >= 11 is 8.39. The number of alkyl halides is 1. The minimum atomic E-state index is 0.463. The summed E-state index contributed by atoms with van der Waals surface area (Å²) in [4.78, 5) is 4.67. The van der Waals surface area contributed by atoms with Crippen LogP contribution in [0, 0.1) is 3.57 Å². The number of aromatic nitrogens is 2. The van der Waals surface area contributed by atoms with Gasteiger partial charge in [0.15, 0.2) is 0 Å². The van der Waals surface area contributed by atoms with Gasteiger partial charge in [-0.3, -0.25) is 0 Å². The average molecular weight is 391 g/mol. The molecule has 0 N–H and O–H groups in total. The predicted molar refractivity (Wildman–Crippen MR) is 90.9 cm³/mol. The van der Waals surface area contributed by atoms with E-state index in [4.69, 9.17) is 11.6 Å². The highest BCUT2D eigenvalue weighted by molar-refractivity contribution is 14.1. The fourth-order valence-corrected chi connectivity index (χ4v) is 3.19. The second-order valence-electron chi connectivity index (χ2n) is 5.01. The Morgan fingerprint density at radius 2 is 2.16 bits per heavy atom. The highest BCUT2D eigenvalue weighted by atomic mass is 127. The highest BCUT2D eigenvalue weighted by Crippen LogP contribution is 2.26. The summed E-state index contributed by atoms with van der Waals surface area (Å²) in [5.74, 6) is 1.46. The van der Waals surface area contributed by atoms with E-state index in [1.807, 2.05) is 0 Å². The van der Waals surface area contributed by atoms with Gasteiger partial charge in [-0.25, -0.2) is 4.98 Å². The van der Waals surface area contributed by atoms with E-state index in [-0.39, 0.29) is 0 Å². The molecule has 2 nitrogen and oxygen atoms in total. The van der Waals surface area contributed by atoms with Gasteiger partial charge in [-0.2, -0.15) is 0 Å². The molecule has 0 bridgehead atoms. The first-order chi connectivity index (χ1) is 9.17. The van der Waals surface area contributed by atoms with E-state index < -0.39 is 0 Å². The van der Waals surface area contributed by atoms with Crippen LogP contribution in [0.3, 0.4) is 0 Å². The zero-order valence-corrected chi connectivity index (χ0v) is 14.4. The van der Waals surface area contributed by atoms with Crippen LogP contribution in [-0.2, 0) is 5.88 Å². The lowest BCUT2D eigenvalue weighted by molar-refractivity contribution is 0.477. The van der Waals surface area contributed by atoms with Crippen LogP contribution < -0.4 is 0 Å². The Morgan fingerprint density at radius 3 is 2.84 bits per heavy atom. The Kier molecular flexibility index (Phi) is 5.51. The minimum absolute atomic E-state index is 0.463. The molecule has 1 aromatic carbocycles. The number of hydrogen-bond acceptors (Lipinski definition) is 1. The van der Waals surface area contributed by atoms with Crippen molar-refractivity contribution in [3.63, 3.8) is 0 Å². The number of halogens is 2. The Hall–Kier alpha value is -0.290. The Balaban J connectivity index is 2.34. The molecule has 19 heavy (non-hydrogen) atoms. The number of hydrogen-bond donors (Lipinski definition) is 0. The highest BCUT2D eigenvalue weighted by Gasteiger charge is 2.15. The Labute approximate surface area is 133 Å². The van der Waals surface area contributed by atoms with Gasteiger partial charge in [-0.05, 0) is 54.1 Å². The number of fused-ring (bicyclic) bond motifs is 1. The van der Waals surface area contributed by atoms with Crippen molar-refractivity contribution in [2.75, 3.05) is 0 Å². The van der Waals surface area contributed by atoms with E-state index in [9.17, 15) is 0 Å². The van der Waals surface area contributed by atoms with Crippen LogP contribution in [0.4, 0.5) is 0 Å². The number of rotatable bonds is 6. The Bertz CT molecular complexity index is 550. The molecule has 0 saturated carbocycles. The molecular formula is C15H20ClIN2. The molecule has 0 saturated heterocycles. The minimum Gasteiger partial charge on any atom is -0.324 e. The maximum absolute atomic E-state index is 6.06. The molecule has 104 valence electrons. The van der Waals surface area contributed by atoms with Crippen molar-refractivity contribution >= 4 is 45.2 Å². The van der Waals surface area contributed by atoms with Gasteiger partial charge in [0.2, 0.25) is 0 Å². The summed E-state index contributed by atoms with van der Waals surface area (Å²) in [6.07, 6.45) is 5.02. The van der Waals surface area contributed by atoms with Crippen LogP contribution in [0.15, 0.2) is 18.2 Å². The number of nitrogens with zero attached hydrogens (tertiary/aromatic N) is 2. The molecule has 0 amide bonds. The van der Waals surface area contributed by atoms with Crippen LogP contribution in [0.1, 0.15) is 51.4 Å². The van der Waals surface area contributed by atoms with Crippen molar-refractivity contribution < 1.29 is 0 Å². The molecule has 1 unspecified atom stereocenters. The molecule has 0 fully saturated rings. The smallest absolute Gasteiger partial charge is 0.125 e. The lowest BCUT2D eigenvalue weighted by atomic mass is 10.1. The van der Waals surface area contributed by atoms with Crippen LogP contribution >= 0.6 is 34.2 Å². The van der Waals surface area contributed by atoms with Crippen molar-refractivity contribution in [2.24, 2.45) is 0 Å². The fourth-order valence-electron chi connectivity index (χ4n) is 2.53. The fraction of sp³-hybridized carbons (Fsp3) is 0.533. The molecule has 1 atom stereocenters. The van der Waals surface area contributed by atoms with Crippen molar-refractivity contribution in [1.29, 1.82) is 0 Å². The first-order valence-corrected chi connectivity index (χ1v) is 8.51. The number of benzene rings is 1. The SMILES string of the molecule is CCCCCC(C)n1c(CCl)nc2cc(I)ccc21. The summed E-state index contributed by atoms with van der Waals surface area (Å²) in [6, 6.07) is 6.89. The lowest BCUT2D eigenvalue weighted by Crippen LogP contribution is -2.08. The van der Waals surface area contributed by atoms with Crippen LogP contribution in [0.25, 0.3) is 11.0 Å². The van der Waals surface area contributed by atoms with Gasteiger partial charge in [0.1, 0.15) is 5.82 Å². The van der Waals surface area contributed by atoms with E-state index in [0.717, 1.165) is 11.3 Å². The summed E-state index contributed by atoms with van der Waals surface area (Å²) < 4.78 is 3.53. The summed E-state index contributed by atoms with van der Waals surface area (Å²) in [5.41, 5.74) is 2.27. The Morgan fingerprint density at radius 1 is 1.37 bits per heavy atom. The molecule has 0 radical (unpaired) electrons. The summed E-state index contributed by atoms with van der Waals surface area (Å²) in [7, 11) is 0. The van der Waals surface area contributed by atoms with Gasteiger partial charge in [-0.1, -0.05) is 26.2 Å². The molecule has 0 aliphatic rings. The largest absolute Gasteiger partial charge is 0.324 e. The first-order valence-electron chi connectivity index (χ1n) is 6.89. The van der Waals surface area contributed by atoms with E-state index in [1.54, 1.807) is 0 Å². The molecule has 2 rings (SSSR count). The van der Waals surface area contributed by atoms with Gasteiger partial charge in [0, 0.05) is 9.61 Å². The third-order valence-corrected chi connectivity index (χ3v) is 4.42. The third kappa shape index (κ3) is 3.43. The molecule has 1 aromatic heterocycles. The van der Waals surface area contributed by atoms with Gasteiger partial charge in [-0.15, -0.1) is 11.6 Å². The van der Waals surface area contributed by atoms with Gasteiger partial charge in [0.25, 0.3) is 0 Å². The van der Waals surface area contributed by atoms with E-state index in [0.29, 0.717) is 11.9 Å². The molecule has 2 aromatic rings. The van der Waals surface area contributed by atoms with Crippen LogP contribution in [0.2, 0.25) is 0 Å². The van der Waals surface area contributed by atoms with Crippen molar-refractivity contribution in [3.8, 4) is 0 Å². The standard InChI is InChI=1S/C15H20ClIN2/c1-3-4-5-6-11(2)19-14-8-7-12(17)9-13(14)18-15(19)10-16/h7-9,11H,3-6,10H2,1-2H3. The van der Waals surface area contributed by atoms with Gasteiger partial charge < -0.3 is 4.57 Å². The zero-order chi connectivity index (χ0) is 13.8. The van der Waals surface area contributed by atoms with Gasteiger partial charge in [0.05, 0.1) is 16.9 Å². The predicted octanol–water partition coefficient (Wildman–Crippen LogP) is 5.52. The van der Waals surface area contributed by atoms with Crippen molar-refractivity contribution in [3.05, 3.63) is 27.6 Å². The second kappa shape index (κ2) is 6.93.